The van der Waals surface area contributed by atoms with E-state index in [1.807, 2.05) is 12.4 Å². The molecule has 0 aromatic carbocycles. The fourth-order valence-electron chi connectivity index (χ4n) is 1.36. The predicted molar refractivity (Wildman–Crippen MR) is 58.8 cm³/mol. The first-order valence-electron chi connectivity index (χ1n) is 4.79. The van der Waals surface area contributed by atoms with Crippen molar-refractivity contribution in [2.45, 2.75) is 26.2 Å². The highest BCUT2D eigenvalue weighted by atomic mass is 32.1. The lowest BCUT2D eigenvalue weighted by Gasteiger charge is -2.06. The molecule has 0 saturated carbocycles. The molecule has 2 rings (SSSR count). The van der Waals surface area contributed by atoms with Gasteiger partial charge in [-0.2, -0.15) is 5.10 Å². The number of hydrogen-bond donors (Lipinski definition) is 0. The van der Waals surface area contributed by atoms with Crippen LogP contribution in [0.4, 0.5) is 0 Å². The van der Waals surface area contributed by atoms with Crippen LogP contribution < -0.4 is 0 Å². The van der Waals surface area contributed by atoms with Crippen LogP contribution in [-0.2, 0) is 6.42 Å². The van der Waals surface area contributed by atoms with E-state index in [2.05, 4.69) is 32.5 Å². The second-order valence-electron chi connectivity index (χ2n) is 3.53. The summed E-state index contributed by atoms with van der Waals surface area (Å²) < 4.78 is 0. The number of aryl methyl sites for hydroxylation is 1. The second kappa shape index (κ2) is 4.44. The smallest absolute Gasteiger partial charge is 0.151 e. The Morgan fingerprint density at radius 1 is 1.47 bits per heavy atom. The molecule has 0 aliphatic rings. The van der Waals surface area contributed by atoms with Gasteiger partial charge in [0.05, 0.1) is 23.1 Å². The summed E-state index contributed by atoms with van der Waals surface area (Å²) in [6, 6.07) is 0. The fraction of sp³-hybridized carbons (Fsp3) is 0.400. The third-order valence-electron chi connectivity index (χ3n) is 2.17. The van der Waals surface area contributed by atoms with Gasteiger partial charge in [-0.05, 0) is 6.92 Å². The lowest BCUT2D eigenvalue weighted by molar-refractivity contribution is 0.679. The molecule has 5 heteroatoms. The van der Waals surface area contributed by atoms with Gasteiger partial charge in [0, 0.05) is 17.7 Å². The van der Waals surface area contributed by atoms with Crippen LogP contribution in [0.1, 0.15) is 30.1 Å². The highest BCUT2D eigenvalue weighted by molar-refractivity contribution is 7.07. The Morgan fingerprint density at radius 2 is 2.33 bits per heavy atom. The zero-order valence-corrected chi connectivity index (χ0v) is 9.53. The molecule has 0 spiro atoms. The van der Waals surface area contributed by atoms with Crippen molar-refractivity contribution in [2.75, 3.05) is 0 Å². The molecule has 0 amide bonds. The molecular formula is C10H12N4S. The number of rotatable bonds is 3. The van der Waals surface area contributed by atoms with Crippen LogP contribution in [0.15, 0.2) is 17.1 Å². The van der Waals surface area contributed by atoms with Gasteiger partial charge in [-0.25, -0.2) is 9.97 Å². The lowest BCUT2D eigenvalue weighted by atomic mass is 10.1. The molecule has 1 atom stereocenters. The summed E-state index contributed by atoms with van der Waals surface area (Å²) in [5.41, 5.74) is 3.86. The average Bonchev–Trinajstić information content (AvgIpc) is 2.70. The van der Waals surface area contributed by atoms with Crippen LogP contribution in [0.2, 0.25) is 0 Å². The van der Waals surface area contributed by atoms with E-state index in [0.717, 1.165) is 23.6 Å². The van der Waals surface area contributed by atoms with Gasteiger partial charge in [0.15, 0.2) is 5.82 Å². The van der Waals surface area contributed by atoms with E-state index in [-0.39, 0.29) is 0 Å². The standard InChI is InChI=1S/C10H12N4S/c1-7(9-5-15-6-11-9)3-10-13-8(2)4-12-14-10/h4-7H,3H2,1-2H3. The number of aromatic nitrogens is 4. The third kappa shape index (κ3) is 2.56. The first kappa shape index (κ1) is 10.2. The van der Waals surface area contributed by atoms with Crippen molar-refractivity contribution < 1.29 is 0 Å². The largest absolute Gasteiger partial charge is 0.249 e. The van der Waals surface area contributed by atoms with E-state index in [4.69, 9.17) is 0 Å². The summed E-state index contributed by atoms with van der Waals surface area (Å²) in [5.74, 6) is 1.13. The topological polar surface area (TPSA) is 51.6 Å². The summed E-state index contributed by atoms with van der Waals surface area (Å²) in [5, 5.41) is 9.96. The molecule has 0 saturated heterocycles. The zero-order chi connectivity index (χ0) is 10.7. The number of hydrogen-bond acceptors (Lipinski definition) is 5. The van der Waals surface area contributed by atoms with E-state index in [1.165, 1.54) is 0 Å². The Bertz CT molecular complexity index is 427. The zero-order valence-electron chi connectivity index (χ0n) is 8.71. The van der Waals surface area contributed by atoms with E-state index in [1.54, 1.807) is 17.5 Å². The highest BCUT2D eigenvalue weighted by Crippen LogP contribution is 2.18. The van der Waals surface area contributed by atoms with Crippen LogP contribution >= 0.6 is 11.3 Å². The maximum atomic E-state index is 4.33. The Morgan fingerprint density at radius 3 is 3.00 bits per heavy atom. The van der Waals surface area contributed by atoms with Crippen LogP contribution in [0.5, 0.6) is 0 Å². The van der Waals surface area contributed by atoms with E-state index >= 15 is 0 Å². The van der Waals surface area contributed by atoms with E-state index < -0.39 is 0 Å². The van der Waals surface area contributed by atoms with Gasteiger partial charge in [-0.1, -0.05) is 6.92 Å². The summed E-state index contributed by atoms with van der Waals surface area (Å²) in [7, 11) is 0. The number of nitrogens with zero attached hydrogens (tertiary/aromatic N) is 4. The molecule has 2 aromatic rings. The van der Waals surface area contributed by atoms with Gasteiger partial charge in [0.25, 0.3) is 0 Å². The van der Waals surface area contributed by atoms with E-state index in [0.29, 0.717) is 5.92 Å². The molecule has 2 aromatic heterocycles. The van der Waals surface area contributed by atoms with Crippen LogP contribution in [-0.4, -0.2) is 20.2 Å². The molecule has 4 nitrogen and oxygen atoms in total. The first-order chi connectivity index (χ1) is 7.25. The van der Waals surface area contributed by atoms with Gasteiger partial charge in [-0.3, -0.25) is 0 Å². The van der Waals surface area contributed by atoms with Crippen LogP contribution in [0.25, 0.3) is 0 Å². The van der Waals surface area contributed by atoms with Crippen LogP contribution in [0.3, 0.4) is 0 Å². The minimum Gasteiger partial charge on any atom is -0.249 e. The minimum absolute atomic E-state index is 0.347. The van der Waals surface area contributed by atoms with Crippen molar-refractivity contribution in [3.63, 3.8) is 0 Å². The van der Waals surface area contributed by atoms with Gasteiger partial charge in [-0.15, -0.1) is 16.4 Å². The molecule has 0 radical (unpaired) electrons. The Hall–Kier alpha value is -1.36. The van der Waals surface area contributed by atoms with Crippen molar-refractivity contribution in [2.24, 2.45) is 0 Å². The van der Waals surface area contributed by atoms with E-state index in [9.17, 15) is 0 Å². The molecule has 78 valence electrons. The SMILES string of the molecule is Cc1cnnc(CC(C)c2cscn2)n1. The molecule has 2 heterocycles. The second-order valence-corrected chi connectivity index (χ2v) is 4.25. The molecule has 15 heavy (non-hydrogen) atoms. The fourth-order valence-corrected chi connectivity index (χ4v) is 2.04. The highest BCUT2D eigenvalue weighted by Gasteiger charge is 2.10. The van der Waals surface area contributed by atoms with Crippen molar-refractivity contribution in [1.82, 2.24) is 20.2 Å². The van der Waals surface area contributed by atoms with Gasteiger partial charge in [0.1, 0.15) is 0 Å². The van der Waals surface area contributed by atoms with Crippen molar-refractivity contribution in [3.8, 4) is 0 Å². The molecule has 0 fully saturated rings. The Kier molecular flexibility index (Phi) is 3.01. The summed E-state index contributed by atoms with van der Waals surface area (Å²) in [6.45, 7) is 4.05. The molecule has 0 bridgehead atoms. The normalized spacial score (nSPS) is 12.7. The molecule has 0 aliphatic carbocycles. The number of thiazole rings is 1. The van der Waals surface area contributed by atoms with Gasteiger partial charge in [0.2, 0.25) is 0 Å². The van der Waals surface area contributed by atoms with Gasteiger partial charge >= 0.3 is 0 Å². The third-order valence-corrected chi connectivity index (χ3v) is 2.77. The maximum Gasteiger partial charge on any atom is 0.151 e. The molecule has 0 aliphatic heterocycles. The van der Waals surface area contributed by atoms with Gasteiger partial charge < -0.3 is 0 Å². The molecular weight excluding hydrogens is 208 g/mol. The molecule has 1 unspecified atom stereocenters. The minimum atomic E-state index is 0.347. The quantitative estimate of drug-likeness (QED) is 0.793. The Labute approximate surface area is 92.4 Å². The Balaban J connectivity index is 2.09. The first-order valence-corrected chi connectivity index (χ1v) is 5.73. The predicted octanol–water partition coefficient (Wildman–Crippen LogP) is 1.98. The summed E-state index contributed by atoms with van der Waals surface area (Å²) in [6.07, 6.45) is 2.45. The lowest BCUT2D eigenvalue weighted by Crippen LogP contribution is -2.05. The monoisotopic (exact) mass is 220 g/mol. The van der Waals surface area contributed by atoms with Crippen molar-refractivity contribution in [1.29, 1.82) is 0 Å². The average molecular weight is 220 g/mol. The van der Waals surface area contributed by atoms with Crippen molar-refractivity contribution in [3.05, 3.63) is 34.3 Å². The maximum absolute atomic E-state index is 4.33. The van der Waals surface area contributed by atoms with Crippen LogP contribution in [0, 0.1) is 6.92 Å². The summed E-state index contributed by atoms with van der Waals surface area (Å²) >= 11 is 1.61. The summed E-state index contributed by atoms with van der Waals surface area (Å²) in [4.78, 5) is 8.60. The van der Waals surface area contributed by atoms with Crippen molar-refractivity contribution >= 4 is 11.3 Å². The molecule has 0 N–H and O–H groups in total.